The molecule has 6 heteroatoms. The van der Waals surface area contributed by atoms with Crippen LogP contribution in [0.2, 0.25) is 0 Å². The zero-order valence-electron chi connectivity index (χ0n) is 16.6. The van der Waals surface area contributed by atoms with Gasteiger partial charge in [0.1, 0.15) is 11.6 Å². The highest BCUT2D eigenvalue weighted by molar-refractivity contribution is 5.68. The second kappa shape index (κ2) is 7.35. The van der Waals surface area contributed by atoms with E-state index in [0.717, 1.165) is 56.6 Å². The molecule has 0 radical (unpaired) electrons. The van der Waals surface area contributed by atoms with Crippen LogP contribution in [0.1, 0.15) is 11.3 Å². The Labute approximate surface area is 170 Å². The lowest BCUT2D eigenvalue weighted by atomic mass is 10.2. The molecular weight excluding hydrogens is 365 g/mol. The van der Waals surface area contributed by atoms with Crippen molar-refractivity contribution in [2.45, 2.75) is 13.3 Å². The number of hydrogen-bond acceptors (Lipinski definition) is 5. The van der Waals surface area contributed by atoms with Gasteiger partial charge in [-0.3, -0.25) is 0 Å². The predicted octanol–water partition coefficient (Wildman–Crippen LogP) is 3.94. The quantitative estimate of drug-likeness (QED) is 0.678. The molecule has 148 valence electrons. The highest BCUT2D eigenvalue weighted by atomic mass is 19.1. The molecule has 1 saturated heterocycles. The van der Waals surface area contributed by atoms with E-state index < -0.39 is 0 Å². The first kappa shape index (κ1) is 17.9. The van der Waals surface area contributed by atoms with Gasteiger partial charge in [0.15, 0.2) is 0 Å². The average Bonchev–Trinajstić information content (AvgIpc) is 3.18. The number of rotatable bonds is 3. The minimum Gasteiger partial charge on any atom is -0.366 e. The molecular formula is C23H24FN5. The summed E-state index contributed by atoms with van der Waals surface area (Å²) in [5, 5.41) is 0. The molecule has 0 bridgehead atoms. The Morgan fingerprint density at radius 3 is 2.28 bits per heavy atom. The Hall–Kier alpha value is -3.15. The summed E-state index contributed by atoms with van der Waals surface area (Å²) < 4.78 is 14.1. The molecule has 5 nitrogen and oxygen atoms in total. The summed E-state index contributed by atoms with van der Waals surface area (Å²) in [5.74, 6) is 1.55. The number of halogens is 1. The summed E-state index contributed by atoms with van der Waals surface area (Å²) in [6.07, 6.45) is 1.04. The number of fused-ring (bicyclic) bond motifs is 1. The summed E-state index contributed by atoms with van der Waals surface area (Å²) in [5.41, 5.74) is 4.24. The molecule has 3 heterocycles. The summed E-state index contributed by atoms with van der Waals surface area (Å²) in [6, 6.07) is 17.5. The monoisotopic (exact) mass is 389 g/mol. The fourth-order valence-corrected chi connectivity index (χ4v) is 4.25. The van der Waals surface area contributed by atoms with E-state index in [-0.39, 0.29) is 5.82 Å². The molecule has 0 unspecified atom stereocenters. The van der Waals surface area contributed by atoms with Crippen molar-refractivity contribution in [2.24, 2.45) is 0 Å². The fourth-order valence-electron chi connectivity index (χ4n) is 4.25. The molecule has 5 rings (SSSR count). The first-order valence-electron chi connectivity index (χ1n) is 10.1. The number of hydrogen-bond donors (Lipinski definition) is 0. The molecule has 29 heavy (non-hydrogen) atoms. The lowest BCUT2D eigenvalue weighted by Gasteiger charge is -2.36. The maximum absolute atomic E-state index is 14.1. The Morgan fingerprint density at radius 2 is 1.48 bits per heavy atom. The van der Waals surface area contributed by atoms with E-state index in [1.54, 1.807) is 6.07 Å². The number of aryl methyl sites for hydroxylation is 1. The molecule has 0 spiro atoms. The standard InChI is InChI=1S/C23H24FN5/c1-17-16-22(29-11-10-18-6-2-4-8-20(18)29)26-23(25-17)28-14-12-27(13-15-28)21-9-5-3-7-19(21)24/h2-9,16H,10-15H2,1H3. The SMILES string of the molecule is Cc1cc(N2CCc3ccccc32)nc(N2CCN(c3ccccc3F)CC2)n1. The molecule has 0 N–H and O–H groups in total. The zero-order valence-corrected chi connectivity index (χ0v) is 16.6. The van der Waals surface area contributed by atoms with Crippen LogP contribution < -0.4 is 14.7 Å². The van der Waals surface area contributed by atoms with Gasteiger partial charge in [-0.2, -0.15) is 4.98 Å². The fraction of sp³-hybridized carbons (Fsp3) is 0.304. The van der Waals surface area contributed by atoms with Gasteiger partial charge in [-0.05, 0) is 37.1 Å². The number of nitrogens with zero attached hydrogens (tertiary/aromatic N) is 5. The van der Waals surface area contributed by atoms with Crippen LogP contribution in [0.15, 0.2) is 54.6 Å². The van der Waals surface area contributed by atoms with Gasteiger partial charge >= 0.3 is 0 Å². The average molecular weight is 389 g/mol. The summed E-state index contributed by atoms with van der Waals surface area (Å²) in [6.45, 7) is 6.00. The number of anilines is 4. The van der Waals surface area contributed by atoms with E-state index in [0.29, 0.717) is 5.69 Å². The first-order valence-corrected chi connectivity index (χ1v) is 10.1. The molecule has 1 aromatic heterocycles. The minimum atomic E-state index is -0.164. The molecule has 0 amide bonds. The van der Waals surface area contributed by atoms with Gasteiger partial charge in [0.05, 0.1) is 5.69 Å². The number of aromatic nitrogens is 2. The maximum Gasteiger partial charge on any atom is 0.227 e. The number of para-hydroxylation sites is 2. The van der Waals surface area contributed by atoms with Crippen LogP contribution in [0.25, 0.3) is 0 Å². The Balaban J connectivity index is 1.36. The lowest BCUT2D eigenvalue weighted by molar-refractivity contribution is 0.593. The first-order chi connectivity index (χ1) is 14.2. The number of benzene rings is 2. The van der Waals surface area contributed by atoms with Crippen LogP contribution in [-0.4, -0.2) is 42.7 Å². The van der Waals surface area contributed by atoms with Gasteiger partial charge in [-0.25, -0.2) is 9.37 Å². The van der Waals surface area contributed by atoms with Gasteiger partial charge < -0.3 is 14.7 Å². The van der Waals surface area contributed by atoms with Gasteiger partial charge in [0.2, 0.25) is 5.95 Å². The van der Waals surface area contributed by atoms with Crippen molar-refractivity contribution in [1.82, 2.24) is 9.97 Å². The van der Waals surface area contributed by atoms with Crippen molar-refractivity contribution in [3.8, 4) is 0 Å². The van der Waals surface area contributed by atoms with Crippen LogP contribution in [0.5, 0.6) is 0 Å². The maximum atomic E-state index is 14.1. The molecule has 0 atom stereocenters. The highest BCUT2D eigenvalue weighted by Gasteiger charge is 2.25. The third-order valence-electron chi connectivity index (χ3n) is 5.75. The van der Waals surface area contributed by atoms with Crippen molar-refractivity contribution in [2.75, 3.05) is 47.4 Å². The van der Waals surface area contributed by atoms with Crippen molar-refractivity contribution in [3.63, 3.8) is 0 Å². The predicted molar refractivity (Wildman–Crippen MR) is 115 cm³/mol. The second-order valence-corrected chi connectivity index (χ2v) is 7.62. The van der Waals surface area contributed by atoms with Crippen LogP contribution in [0.4, 0.5) is 27.5 Å². The molecule has 0 aliphatic carbocycles. The molecule has 2 aliphatic heterocycles. The molecule has 2 aromatic carbocycles. The summed E-state index contributed by atoms with van der Waals surface area (Å²) in [7, 11) is 0. The van der Waals surface area contributed by atoms with E-state index in [1.807, 2.05) is 19.1 Å². The van der Waals surface area contributed by atoms with Crippen molar-refractivity contribution in [1.29, 1.82) is 0 Å². The van der Waals surface area contributed by atoms with Crippen molar-refractivity contribution in [3.05, 3.63) is 71.7 Å². The van der Waals surface area contributed by atoms with Crippen LogP contribution in [0.3, 0.4) is 0 Å². The van der Waals surface area contributed by atoms with Gasteiger partial charge in [-0.15, -0.1) is 0 Å². The second-order valence-electron chi connectivity index (χ2n) is 7.62. The summed E-state index contributed by atoms with van der Waals surface area (Å²) >= 11 is 0. The van der Waals surface area contributed by atoms with E-state index in [9.17, 15) is 4.39 Å². The third-order valence-corrected chi connectivity index (χ3v) is 5.75. The van der Waals surface area contributed by atoms with Crippen LogP contribution in [-0.2, 0) is 6.42 Å². The smallest absolute Gasteiger partial charge is 0.227 e. The van der Waals surface area contributed by atoms with Gasteiger partial charge in [-0.1, -0.05) is 30.3 Å². The molecule has 1 fully saturated rings. The largest absolute Gasteiger partial charge is 0.366 e. The Bertz CT molecular complexity index is 1030. The van der Waals surface area contributed by atoms with Gasteiger partial charge in [0.25, 0.3) is 0 Å². The number of piperazine rings is 1. The van der Waals surface area contributed by atoms with E-state index in [4.69, 9.17) is 9.97 Å². The third kappa shape index (κ3) is 3.39. The molecule has 3 aromatic rings. The Morgan fingerprint density at radius 1 is 0.793 bits per heavy atom. The van der Waals surface area contributed by atoms with Crippen LogP contribution in [0, 0.1) is 12.7 Å². The Kier molecular flexibility index (Phi) is 4.54. The molecule has 2 aliphatic rings. The zero-order chi connectivity index (χ0) is 19.8. The topological polar surface area (TPSA) is 35.5 Å². The highest BCUT2D eigenvalue weighted by Crippen LogP contribution is 2.34. The van der Waals surface area contributed by atoms with E-state index in [2.05, 4.69) is 45.0 Å². The van der Waals surface area contributed by atoms with E-state index >= 15 is 0 Å². The minimum absolute atomic E-state index is 0.164. The lowest BCUT2D eigenvalue weighted by Crippen LogP contribution is -2.47. The van der Waals surface area contributed by atoms with E-state index in [1.165, 1.54) is 17.3 Å². The van der Waals surface area contributed by atoms with Crippen LogP contribution >= 0.6 is 0 Å². The normalized spacial score (nSPS) is 16.3. The van der Waals surface area contributed by atoms with Gasteiger partial charge in [0, 0.05) is 50.2 Å². The van der Waals surface area contributed by atoms with Crippen molar-refractivity contribution >= 4 is 23.1 Å². The molecule has 0 saturated carbocycles. The summed E-state index contributed by atoms with van der Waals surface area (Å²) in [4.78, 5) is 16.2. The van der Waals surface area contributed by atoms with Crippen molar-refractivity contribution < 1.29 is 4.39 Å².